The van der Waals surface area contributed by atoms with Gasteiger partial charge in [0.1, 0.15) is 33.9 Å². The Balaban J connectivity index is 0.000000188. The molecule has 0 aliphatic carbocycles. The number of aromatic nitrogens is 8. The molecule has 0 atom stereocenters. The van der Waals surface area contributed by atoms with Gasteiger partial charge in [-0.25, -0.2) is 32.8 Å². The molecule has 0 spiro atoms. The van der Waals surface area contributed by atoms with Gasteiger partial charge in [0.25, 0.3) is 34.4 Å². The molecule has 0 unspecified atom stereocenters. The molecule has 26 heteroatoms. The van der Waals surface area contributed by atoms with Gasteiger partial charge in [0.15, 0.2) is 0 Å². The molecule has 4 aromatic heterocycles. The van der Waals surface area contributed by atoms with E-state index in [0.29, 0.717) is 59.0 Å². The maximum absolute atomic E-state index is 13.2. The summed E-state index contributed by atoms with van der Waals surface area (Å²) in [7, 11) is 6.11. The Hall–Kier alpha value is -11.1. The first-order chi connectivity index (χ1) is 47.4. The van der Waals surface area contributed by atoms with E-state index in [1.807, 2.05) is 74.6 Å². The molecule has 3 N–H and O–H groups in total. The van der Waals surface area contributed by atoms with Gasteiger partial charge in [0.2, 0.25) is 0 Å². The summed E-state index contributed by atoms with van der Waals surface area (Å²) in [5, 5.41) is 13.4. The van der Waals surface area contributed by atoms with Crippen molar-refractivity contribution >= 4 is 40.9 Å². The number of amides is 3. The number of ether oxygens (including phenoxy) is 4. The topological polar surface area (TPSA) is 274 Å². The summed E-state index contributed by atoms with van der Waals surface area (Å²) in [6.07, 6.45) is 11.3. The molecular weight excluding hydrogens is 1300 g/mol. The average molecular weight is 1370 g/mol. The minimum atomic E-state index is -0.729. The zero-order valence-electron chi connectivity index (χ0n) is 54.9. The fourth-order valence-electron chi connectivity index (χ4n) is 9.99. The highest BCUT2D eigenvalue weighted by Gasteiger charge is 2.23. The number of unbranched alkanes of at least 4 members (excludes halogenated alkanes) is 2. The highest BCUT2D eigenvalue weighted by molar-refractivity contribution is 6.31. The maximum atomic E-state index is 13.2. The third-order valence-electron chi connectivity index (χ3n) is 15.3. The lowest BCUT2D eigenvalue weighted by molar-refractivity contribution is 0.0939. The minimum absolute atomic E-state index is 0.0841. The number of halogens is 2. The number of methoxy groups -OCH3 is 4. The monoisotopic (exact) mass is 1370 g/mol. The van der Waals surface area contributed by atoms with E-state index in [4.69, 9.17) is 42.1 Å². The summed E-state index contributed by atoms with van der Waals surface area (Å²) in [4.78, 5) is 117. The second-order valence-corrected chi connectivity index (χ2v) is 22.9. The van der Waals surface area contributed by atoms with Gasteiger partial charge in [-0.15, -0.1) is 0 Å². The molecule has 0 radical (unpaired) electrons. The molecule has 10 rings (SSSR count). The lowest BCUT2D eigenvalue weighted by Gasteiger charge is -2.14. The van der Waals surface area contributed by atoms with Gasteiger partial charge in [0, 0.05) is 93.0 Å². The van der Waals surface area contributed by atoms with Crippen molar-refractivity contribution in [2.75, 3.05) is 41.6 Å². The number of nitrogens with zero attached hydrogens (tertiary/aromatic N) is 8. The molecule has 510 valence electrons. The number of rotatable bonds is 26. The van der Waals surface area contributed by atoms with E-state index in [2.05, 4.69) is 21.0 Å². The van der Waals surface area contributed by atoms with Crippen LogP contribution in [0.1, 0.15) is 87.3 Å². The molecule has 0 aliphatic heterocycles. The van der Waals surface area contributed by atoms with Crippen LogP contribution in [0.2, 0.25) is 10.0 Å². The van der Waals surface area contributed by atoms with Gasteiger partial charge in [-0.2, -0.15) is 5.10 Å². The first kappa shape index (κ1) is 72.7. The summed E-state index contributed by atoms with van der Waals surface area (Å²) in [5.74, 6) is 0.0753. The van der Waals surface area contributed by atoms with Crippen LogP contribution in [0.3, 0.4) is 0 Å². The summed E-state index contributed by atoms with van der Waals surface area (Å²) < 4.78 is 29.5. The third kappa shape index (κ3) is 18.9. The molecule has 98 heavy (non-hydrogen) atoms. The maximum Gasteiger partial charge on any atom is 0.335 e. The van der Waals surface area contributed by atoms with Crippen LogP contribution in [0.5, 0.6) is 17.2 Å². The van der Waals surface area contributed by atoms with E-state index in [1.54, 1.807) is 109 Å². The summed E-state index contributed by atoms with van der Waals surface area (Å²) >= 11 is 11.9. The van der Waals surface area contributed by atoms with Crippen LogP contribution in [0.4, 0.5) is 0 Å². The zero-order chi connectivity index (χ0) is 70.3. The summed E-state index contributed by atoms with van der Waals surface area (Å²) in [5.41, 5.74) is 0.515. The first-order valence-corrected chi connectivity index (χ1v) is 32.1. The summed E-state index contributed by atoms with van der Waals surface area (Å²) in [6, 6.07) is 43.5. The normalized spacial score (nSPS) is 10.7. The second kappa shape index (κ2) is 35.6. The molecule has 0 aliphatic rings. The van der Waals surface area contributed by atoms with Crippen LogP contribution >= 0.6 is 23.2 Å². The standard InChI is InChI=1S/C25H29N3O5.C24H22ClN5O4.C23H24ClN3O4/c1-4-5-14-27-17-22(23(29)26-13-12-18-8-6-10-20(15-18)32-2)24(30)28(25(27)31)19-9-7-11-21(16-19)33-3;1-34-13-12-28-16-21(23(32)30(24(28)33)20-5-2-4-18(25)14-20)22(31)26-15-17-6-8-19(9-7-17)29-11-3-10-27-29;1-3-4-12-26-15-20(21(28)25-14-16-8-10-17(24)11-9-16)22(29)27(23(26)30)18-6-5-7-19(13-18)31-2/h6-11,15-17H,4-5,12-14H2,1-3H3,(H,26,29);2-11,14,16H,12-13,15H2,1H3,(H,26,31);5-11,13,15H,3-4,12,14H2,1-2H3,(H,25,28). The average Bonchev–Trinajstić information content (AvgIpc) is 0.874. The quantitative estimate of drug-likeness (QED) is 0.0458. The lowest BCUT2D eigenvalue weighted by atomic mass is 10.1. The Morgan fingerprint density at radius 1 is 0.449 bits per heavy atom. The van der Waals surface area contributed by atoms with Gasteiger partial charge in [0.05, 0.1) is 57.2 Å². The molecule has 0 saturated carbocycles. The van der Waals surface area contributed by atoms with E-state index >= 15 is 0 Å². The van der Waals surface area contributed by atoms with Crippen molar-refractivity contribution in [1.82, 2.24) is 53.1 Å². The fraction of sp³-hybridized carbons (Fsp3) is 0.250. The van der Waals surface area contributed by atoms with Crippen LogP contribution in [0.25, 0.3) is 22.7 Å². The van der Waals surface area contributed by atoms with Crippen molar-refractivity contribution in [1.29, 1.82) is 0 Å². The Morgan fingerprint density at radius 3 is 1.32 bits per heavy atom. The SMILES string of the molecule is CCCCn1cc(C(=O)NCCc2cccc(OC)c2)c(=O)n(-c2cccc(OC)c2)c1=O.CCCCn1cc(C(=O)NCc2ccc(Cl)cc2)c(=O)n(-c2cccc(OC)c2)c1=O.COCCn1cc(C(=O)NCc2ccc(-n3cccn3)cc2)c(=O)n(-c2cccc(Cl)c2)c1=O. The Kier molecular flexibility index (Phi) is 26.4. The van der Waals surface area contributed by atoms with Gasteiger partial charge in [-0.3, -0.25) is 42.5 Å². The number of carbonyl (C=O) groups excluding carboxylic acids is 3. The molecule has 4 heterocycles. The van der Waals surface area contributed by atoms with Crippen LogP contribution in [-0.2, 0) is 43.9 Å². The van der Waals surface area contributed by atoms with E-state index in [0.717, 1.165) is 67.5 Å². The number of nitrogens with one attached hydrogen (secondary N) is 3. The van der Waals surface area contributed by atoms with Crippen molar-refractivity contribution in [3.8, 4) is 40.0 Å². The van der Waals surface area contributed by atoms with E-state index in [-0.39, 0.29) is 48.6 Å². The number of hydrogen-bond acceptors (Lipinski definition) is 14. The van der Waals surface area contributed by atoms with Crippen LogP contribution < -0.4 is 63.9 Å². The summed E-state index contributed by atoms with van der Waals surface area (Å²) in [6.45, 7) is 5.98. The molecule has 0 saturated heterocycles. The Labute approximate surface area is 573 Å². The molecule has 6 aromatic carbocycles. The van der Waals surface area contributed by atoms with Gasteiger partial charge >= 0.3 is 17.1 Å². The Morgan fingerprint density at radius 2 is 0.878 bits per heavy atom. The molecule has 0 bridgehead atoms. The molecule has 10 aromatic rings. The van der Waals surface area contributed by atoms with Crippen LogP contribution in [0, 0.1) is 0 Å². The van der Waals surface area contributed by atoms with E-state index < -0.39 is 51.5 Å². The van der Waals surface area contributed by atoms with Crippen molar-refractivity contribution < 1.29 is 33.3 Å². The largest absolute Gasteiger partial charge is 0.497 e. The van der Waals surface area contributed by atoms with Gasteiger partial charge < -0.3 is 34.9 Å². The lowest BCUT2D eigenvalue weighted by Crippen LogP contribution is -2.43. The van der Waals surface area contributed by atoms with E-state index in [1.165, 1.54) is 59.7 Å². The van der Waals surface area contributed by atoms with Gasteiger partial charge in [-0.05, 0) is 121 Å². The number of carbonyl (C=O) groups is 3. The minimum Gasteiger partial charge on any atom is -0.497 e. The van der Waals surface area contributed by atoms with Crippen molar-refractivity contribution in [3.05, 3.63) is 289 Å². The van der Waals surface area contributed by atoms with E-state index in [9.17, 15) is 43.2 Å². The highest BCUT2D eigenvalue weighted by atomic mass is 35.5. The molecule has 24 nitrogen and oxygen atoms in total. The molecule has 0 fully saturated rings. The second-order valence-electron chi connectivity index (χ2n) is 22.0. The number of benzene rings is 6. The van der Waals surface area contributed by atoms with Crippen LogP contribution in [-0.4, -0.2) is 96.5 Å². The van der Waals surface area contributed by atoms with Crippen molar-refractivity contribution in [2.24, 2.45) is 0 Å². The van der Waals surface area contributed by atoms with Crippen molar-refractivity contribution in [2.45, 2.75) is 78.7 Å². The Bertz CT molecular complexity index is 4770. The fourth-order valence-corrected chi connectivity index (χ4v) is 10.3. The zero-order valence-corrected chi connectivity index (χ0v) is 56.5. The van der Waals surface area contributed by atoms with Crippen LogP contribution in [0.15, 0.2) is 211 Å². The predicted octanol–water partition coefficient (Wildman–Crippen LogP) is 8.60. The molecular formula is C72H75Cl2N11O13. The third-order valence-corrected chi connectivity index (χ3v) is 15.8. The smallest absolute Gasteiger partial charge is 0.335 e. The first-order valence-electron chi connectivity index (χ1n) is 31.3. The highest BCUT2D eigenvalue weighted by Crippen LogP contribution is 2.18. The number of hydrogen-bond donors (Lipinski definition) is 3. The predicted molar refractivity (Wildman–Crippen MR) is 375 cm³/mol. The van der Waals surface area contributed by atoms with Gasteiger partial charge in [-0.1, -0.05) is 104 Å². The van der Waals surface area contributed by atoms with Crippen molar-refractivity contribution in [3.63, 3.8) is 0 Å². The molecule has 3 amide bonds. The number of aryl methyl sites for hydroxylation is 2.